The van der Waals surface area contributed by atoms with Crippen LogP contribution in [-0.2, 0) is 30.4 Å². The summed E-state index contributed by atoms with van der Waals surface area (Å²) < 4.78 is 0. The van der Waals surface area contributed by atoms with Gasteiger partial charge in [0, 0.05) is 23.5 Å². The van der Waals surface area contributed by atoms with E-state index in [9.17, 15) is 34.2 Å². The first-order chi connectivity index (χ1) is 19.0. The number of amides is 3. The smallest absolute Gasteiger partial charge is 0.326 e. The molecule has 13 nitrogen and oxygen atoms in total. The number of carboxylic acids is 2. The molecular formula is C27H40N6O7. The van der Waals surface area contributed by atoms with Crippen molar-refractivity contribution in [3.63, 3.8) is 0 Å². The van der Waals surface area contributed by atoms with Crippen LogP contribution in [0.15, 0.2) is 30.5 Å². The number of benzene rings is 1. The maximum atomic E-state index is 13.4. The highest BCUT2D eigenvalue weighted by molar-refractivity contribution is 5.96. The van der Waals surface area contributed by atoms with Gasteiger partial charge in [-0.3, -0.25) is 19.2 Å². The van der Waals surface area contributed by atoms with E-state index in [-0.39, 0.29) is 6.42 Å². The molecule has 0 aliphatic carbocycles. The number of fused-ring (bicyclic) bond motifs is 1. The van der Waals surface area contributed by atoms with Crippen molar-refractivity contribution in [2.45, 2.75) is 76.5 Å². The zero-order chi connectivity index (χ0) is 29.8. The van der Waals surface area contributed by atoms with E-state index in [1.165, 1.54) is 0 Å². The van der Waals surface area contributed by atoms with Crippen LogP contribution in [-0.4, -0.2) is 75.6 Å². The third-order valence-electron chi connectivity index (χ3n) is 6.83. The van der Waals surface area contributed by atoms with Gasteiger partial charge in [-0.25, -0.2) is 4.79 Å². The molecule has 3 amide bonds. The zero-order valence-electron chi connectivity index (χ0n) is 22.8. The molecule has 5 atom stereocenters. The zero-order valence-corrected chi connectivity index (χ0v) is 22.8. The summed E-state index contributed by atoms with van der Waals surface area (Å²) in [5.41, 5.74) is 13.0. The summed E-state index contributed by atoms with van der Waals surface area (Å²) in [4.78, 5) is 65.6. The lowest BCUT2D eigenvalue weighted by Gasteiger charge is -2.26. The normalized spacial score (nSPS) is 14.9. The summed E-state index contributed by atoms with van der Waals surface area (Å²) in [5, 5.41) is 27.1. The molecular weight excluding hydrogens is 520 g/mol. The van der Waals surface area contributed by atoms with Crippen LogP contribution < -0.4 is 27.4 Å². The first-order valence-electron chi connectivity index (χ1n) is 13.3. The second-order valence-electron chi connectivity index (χ2n) is 9.88. The van der Waals surface area contributed by atoms with Crippen molar-refractivity contribution < 1.29 is 34.2 Å². The summed E-state index contributed by atoms with van der Waals surface area (Å²) in [6.45, 7) is 3.84. The summed E-state index contributed by atoms with van der Waals surface area (Å²) in [5.74, 6) is -5.47. The Morgan fingerprint density at radius 3 is 2.23 bits per heavy atom. The van der Waals surface area contributed by atoms with E-state index in [0.717, 1.165) is 10.9 Å². The quantitative estimate of drug-likeness (QED) is 0.124. The van der Waals surface area contributed by atoms with Crippen LogP contribution in [0.3, 0.4) is 0 Å². The number of aliphatic carboxylic acids is 2. The maximum absolute atomic E-state index is 13.4. The molecule has 1 aromatic carbocycles. The highest BCUT2D eigenvalue weighted by atomic mass is 16.4. The molecule has 2 rings (SSSR count). The SMILES string of the molecule is CCC(C)C(NC(=O)C(CC(=O)O)NC(=O)C(Cc1c[nH]c2ccccc12)NC(=O)C(N)CCCCN)C(=O)O. The number of para-hydroxylation sites is 1. The monoisotopic (exact) mass is 560 g/mol. The number of aromatic amines is 1. The molecule has 0 radical (unpaired) electrons. The number of unbranched alkanes of at least 4 members (excludes halogenated alkanes) is 1. The maximum Gasteiger partial charge on any atom is 0.326 e. The fraction of sp³-hybridized carbons (Fsp3) is 0.519. The first kappa shape index (κ1) is 32.2. The molecule has 0 bridgehead atoms. The van der Waals surface area contributed by atoms with E-state index >= 15 is 0 Å². The van der Waals surface area contributed by atoms with Gasteiger partial charge in [0.25, 0.3) is 0 Å². The second-order valence-corrected chi connectivity index (χ2v) is 9.88. The molecule has 0 fully saturated rings. The van der Waals surface area contributed by atoms with Crippen molar-refractivity contribution in [3.05, 3.63) is 36.0 Å². The van der Waals surface area contributed by atoms with Crippen molar-refractivity contribution in [1.82, 2.24) is 20.9 Å². The average molecular weight is 561 g/mol. The van der Waals surface area contributed by atoms with Crippen molar-refractivity contribution in [1.29, 1.82) is 0 Å². The Labute approximate surface area is 232 Å². The van der Waals surface area contributed by atoms with Crippen LogP contribution in [0.1, 0.15) is 51.5 Å². The van der Waals surface area contributed by atoms with Crippen LogP contribution in [0.25, 0.3) is 10.9 Å². The Morgan fingerprint density at radius 1 is 0.950 bits per heavy atom. The number of hydrogen-bond acceptors (Lipinski definition) is 7. The van der Waals surface area contributed by atoms with Gasteiger partial charge in [0.15, 0.2) is 0 Å². The van der Waals surface area contributed by atoms with E-state index in [1.807, 2.05) is 24.3 Å². The lowest BCUT2D eigenvalue weighted by Crippen LogP contribution is -2.58. The molecule has 220 valence electrons. The Balaban J connectivity index is 2.30. The standard InChI is InChI=1S/C27H40N6O7/c1-3-15(2)23(27(39)40)33-26(38)21(13-22(34)35)32-25(37)20(31-24(36)18(29)9-6-7-11-28)12-16-14-30-19-10-5-4-8-17(16)19/h4-5,8,10,14-15,18,20-21,23,30H,3,6-7,9,11-13,28-29H2,1-2H3,(H,31,36)(H,32,37)(H,33,38)(H,34,35)(H,39,40). The van der Waals surface area contributed by atoms with Gasteiger partial charge in [-0.1, -0.05) is 44.9 Å². The van der Waals surface area contributed by atoms with Crippen molar-refractivity contribution >= 4 is 40.6 Å². The third kappa shape index (κ3) is 9.35. The number of carbonyl (C=O) groups excluding carboxylic acids is 3. The minimum absolute atomic E-state index is 0.0170. The Hall–Kier alpha value is -3.97. The van der Waals surface area contributed by atoms with E-state index in [1.54, 1.807) is 20.0 Å². The number of carboxylic acid groups (broad SMARTS) is 2. The summed E-state index contributed by atoms with van der Waals surface area (Å²) >= 11 is 0. The fourth-order valence-corrected chi connectivity index (χ4v) is 4.24. The molecule has 13 heteroatoms. The molecule has 0 saturated carbocycles. The van der Waals surface area contributed by atoms with Crippen LogP contribution >= 0.6 is 0 Å². The number of hydrogen-bond donors (Lipinski definition) is 8. The van der Waals surface area contributed by atoms with E-state index in [2.05, 4.69) is 20.9 Å². The van der Waals surface area contributed by atoms with Gasteiger partial charge >= 0.3 is 11.9 Å². The van der Waals surface area contributed by atoms with Crippen LogP contribution in [0.5, 0.6) is 0 Å². The molecule has 0 aliphatic rings. The number of nitrogens with two attached hydrogens (primary N) is 2. The van der Waals surface area contributed by atoms with Gasteiger partial charge in [0.2, 0.25) is 17.7 Å². The largest absolute Gasteiger partial charge is 0.481 e. The third-order valence-corrected chi connectivity index (χ3v) is 6.83. The topological polar surface area (TPSA) is 230 Å². The van der Waals surface area contributed by atoms with Gasteiger partial charge in [0.1, 0.15) is 18.1 Å². The Bertz CT molecular complexity index is 1180. The number of nitrogens with one attached hydrogen (secondary N) is 4. The Morgan fingerprint density at radius 2 is 1.60 bits per heavy atom. The molecule has 10 N–H and O–H groups in total. The van der Waals surface area contributed by atoms with Gasteiger partial charge in [0.05, 0.1) is 12.5 Å². The number of rotatable bonds is 17. The number of aromatic nitrogens is 1. The molecule has 0 aliphatic heterocycles. The molecule has 0 saturated heterocycles. The molecule has 5 unspecified atom stereocenters. The molecule has 0 spiro atoms. The molecule has 1 heterocycles. The fourth-order valence-electron chi connectivity index (χ4n) is 4.24. The van der Waals surface area contributed by atoms with Crippen LogP contribution in [0.2, 0.25) is 0 Å². The number of H-pyrrole nitrogens is 1. The minimum atomic E-state index is -1.59. The Kier molecular flexibility index (Phi) is 12.6. The van der Waals surface area contributed by atoms with Crippen molar-refractivity contribution in [2.75, 3.05) is 6.54 Å². The van der Waals surface area contributed by atoms with Gasteiger partial charge in [-0.05, 0) is 36.9 Å². The second kappa shape index (κ2) is 15.6. The summed E-state index contributed by atoms with van der Waals surface area (Å²) in [6.07, 6.45) is 3.01. The lowest BCUT2D eigenvalue weighted by atomic mass is 9.98. The van der Waals surface area contributed by atoms with Crippen LogP contribution in [0.4, 0.5) is 0 Å². The first-order valence-corrected chi connectivity index (χ1v) is 13.3. The highest BCUT2D eigenvalue weighted by Crippen LogP contribution is 2.19. The van der Waals surface area contributed by atoms with E-state index in [4.69, 9.17) is 11.5 Å². The highest BCUT2D eigenvalue weighted by Gasteiger charge is 2.33. The summed E-state index contributed by atoms with van der Waals surface area (Å²) in [7, 11) is 0. The van der Waals surface area contributed by atoms with Crippen molar-refractivity contribution in [2.24, 2.45) is 17.4 Å². The van der Waals surface area contributed by atoms with E-state index in [0.29, 0.717) is 37.8 Å². The lowest BCUT2D eigenvalue weighted by molar-refractivity contribution is -0.144. The molecule has 2 aromatic rings. The van der Waals surface area contributed by atoms with Crippen LogP contribution in [0, 0.1) is 5.92 Å². The van der Waals surface area contributed by atoms with E-state index < -0.39 is 66.2 Å². The predicted molar refractivity (Wildman–Crippen MR) is 148 cm³/mol. The number of carbonyl (C=O) groups is 5. The van der Waals surface area contributed by atoms with Crippen molar-refractivity contribution in [3.8, 4) is 0 Å². The van der Waals surface area contributed by atoms with Gasteiger partial charge in [-0.15, -0.1) is 0 Å². The minimum Gasteiger partial charge on any atom is -0.481 e. The summed E-state index contributed by atoms with van der Waals surface area (Å²) in [6, 6.07) is 2.38. The predicted octanol–water partition coefficient (Wildman–Crippen LogP) is 0.227. The average Bonchev–Trinajstić information content (AvgIpc) is 3.32. The van der Waals surface area contributed by atoms with Gasteiger partial charge < -0.3 is 42.6 Å². The van der Waals surface area contributed by atoms with Gasteiger partial charge in [-0.2, -0.15) is 0 Å². The molecule has 40 heavy (non-hydrogen) atoms. The molecule has 1 aromatic heterocycles.